The third-order valence-electron chi connectivity index (χ3n) is 2.95. The van der Waals surface area contributed by atoms with E-state index in [1.54, 1.807) is 12.4 Å². The van der Waals surface area contributed by atoms with Crippen LogP contribution in [0.5, 0.6) is 0 Å². The molecule has 3 heteroatoms. The highest BCUT2D eigenvalue weighted by Crippen LogP contribution is 2.25. The smallest absolute Gasteiger partial charge is 0.149 e. The van der Waals surface area contributed by atoms with E-state index >= 15 is 0 Å². The van der Waals surface area contributed by atoms with Gasteiger partial charge in [0.2, 0.25) is 0 Å². The molecule has 0 aliphatic carbocycles. The van der Waals surface area contributed by atoms with Crippen molar-refractivity contribution in [1.29, 1.82) is 0 Å². The van der Waals surface area contributed by atoms with Crippen molar-refractivity contribution in [2.24, 2.45) is 0 Å². The molecule has 0 saturated carbocycles. The molecule has 0 fully saturated rings. The highest BCUT2D eigenvalue weighted by Gasteiger charge is 2.22. The Kier molecular flexibility index (Phi) is 2.38. The molecule has 1 aromatic carbocycles. The number of fused-ring (bicyclic) bond motifs is 1. The maximum Gasteiger partial charge on any atom is 0.149 e. The number of hydrogen-bond acceptors (Lipinski definition) is 3. The first-order chi connectivity index (χ1) is 7.95. The first kappa shape index (κ1) is 9.48. The minimum absolute atomic E-state index is 0.145. The molecule has 1 aliphatic heterocycles. The molecule has 0 bridgehead atoms. The molecule has 1 aliphatic rings. The van der Waals surface area contributed by atoms with E-state index in [4.69, 9.17) is 0 Å². The Labute approximate surface area is 94.6 Å². The van der Waals surface area contributed by atoms with Crippen molar-refractivity contribution in [3.8, 4) is 0 Å². The Morgan fingerprint density at radius 2 is 1.88 bits per heavy atom. The molecular weight excluding hydrogens is 198 g/mol. The molecule has 16 heavy (non-hydrogen) atoms. The van der Waals surface area contributed by atoms with Gasteiger partial charge in [0, 0.05) is 18.9 Å². The first-order valence-electron chi connectivity index (χ1n) is 5.53. The van der Waals surface area contributed by atoms with Gasteiger partial charge in [-0.05, 0) is 23.6 Å². The highest BCUT2D eigenvalue weighted by molar-refractivity contribution is 5.35. The lowest BCUT2D eigenvalue weighted by molar-refractivity contribution is 0.543. The third-order valence-corrected chi connectivity index (χ3v) is 2.95. The molecule has 80 valence electrons. The van der Waals surface area contributed by atoms with Gasteiger partial charge in [-0.2, -0.15) is 0 Å². The summed E-state index contributed by atoms with van der Waals surface area (Å²) in [5, 5.41) is 3.47. The van der Waals surface area contributed by atoms with Crippen LogP contribution in [0.3, 0.4) is 0 Å². The topological polar surface area (TPSA) is 37.8 Å². The fraction of sp³-hybridized carbons (Fsp3) is 0.231. The first-order valence-corrected chi connectivity index (χ1v) is 5.53. The Hall–Kier alpha value is -1.74. The van der Waals surface area contributed by atoms with Gasteiger partial charge in [-0.25, -0.2) is 9.97 Å². The second kappa shape index (κ2) is 4.02. The quantitative estimate of drug-likeness (QED) is 0.780. The van der Waals surface area contributed by atoms with Crippen LogP contribution in [0.4, 0.5) is 0 Å². The van der Waals surface area contributed by atoms with Crippen LogP contribution in [0, 0.1) is 0 Å². The average Bonchev–Trinajstić information content (AvgIpc) is 2.39. The fourth-order valence-electron chi connectivity index (χ4n) is 2.19. The molecule has 0 radical (unpaired) electrons. The van der Waals surface area contributed by atoms with E-state index in [0.717, 1.165) is 18.8 Å². The van der Waals surface area contributed by atoms with Crippen LogP contribution in [0.15, 0.2) is 42.7 Å². The maximum absolute atomic E-state index is 4.33. The van der Waals surface area contributed by atoms with Crippen LogP contribution in [-0.2, 0) is 6.42 Å². The van der Waals surface area contributed by atoms with Crippen LogP contribution in [0.1, 0.15) is 23.0 Å². The summed E-state index contributed by atoms with van der Waals surface area (Å²) in [5.74, 6) is 0.856. The van der Waals surface area contributed by atoms with Gasteiger partial charge in [-0.15, -0.1) is 0 Å². The highest BCUT2D eigenvalue weighted by atomic mass is 15.0. The molecule has 0 saturated heterocycles. The maximum atomic E-state index is 4.33. The number of rotatable bonds is 1. The standard InChI is InChI=1S/C13H13N3/c1-2-5-11-10(4-1)6-9-14-12(11)13-15-7-3-8-16-13/h1-5,7-8,12,14H,6,9H2. The molecule has 0 spiro atoms. The monoisotopic (exact) mass is 211 g/mol. The second-order valence-corrected chi connectivity index (χ2v) is 3.94. The SMILES string of the molecule is c1cnc(C2NCCc3ccccc32)nc1. The molecular formula is C13H13N3. The van der Waals surface area contributed by atoms with Gasteiger partial charge in [0.1, 0.15) is 5.82 Å². The Bertz CT molecular complexity index is 482. The molecule has 2 aromatic rings. The predicted molar refractivity (Wildman–Crippen MR) is 62.0 cm³/mol. The average molecular weight is 211 g/mol. The number of aromatic nitrogens is 2. The van der Waals surface area contributed by atoms with Crippen molar-refractivity contribution in [2.45, 2.75) is 12.5 Å². The molecule has 0 amide bonds. The zero-order valence-electron chi connectivity index (χ0n) is 8.93. The van der Waals surface area contributed by atoms with E-state index in [2.05, 4.69) is 39.6 Å². The molecule has 1 aromatic heterocycles. The summed E-state index contributed by atoms with van der Waals surface area (Å²) in [6.07, 6.45) is 4.67. The Balaban J connectivity index is 2.05. The van der Waals surface area contributed by atoms with Gasteiger partial charge < -0.3 is 5.32 Å². The molecule has 3 nitrogen and oxygen atoms in total. The molecule has 1 unspecified atom stereocenters. The van der Waals surface area contributed by atoms with E-state index in [9.17, 15) is 0 Å². The largest absolute Gasteiger partial charge is 0.303 e. The van der Waals surface area contributed by atoms with Crippen molar-refractivity contribution in [3.05, 3.63) is 59.7 Å². The third kappa shape index (κ3) is 1.59. The summed E-state index contributed by atoms with van der Waals surface area (Å²) in [6.45, 7) is 0.986. The number of nitrogens with one attached hydrogen (secondary N) is 1. The Morgan fingerprint density at radius 1 is 1.06 bits per heavy atom. The normalized spacial score (nSPS) is 19.1. The Morgan fingerprint density at radius 3 is 2.75 bits per heavy atom. The van der Waals surface area contributed by atoms with E-state index < -0.39 is 0 Å². The van der Waals surface area contributed by atoms with Crippen molar-refractivity contribution in [3.63, 3.8) is 0 Å². The lowest BCUT2D eigenvalue weighted by Crippen LogP contribution is -2.31. The molecule has 1 N–H and O–H groups in total. The van der Waals surface area contributed by atoms with Gasteiger partial charge in [0.25, 0.3) is 0 Å². The second-order valence-electron chi connectivity index (χ2n) is 3.94. The van der Waals surface area contributed by atoms with Crippen molar-refractivity contribution in [1.82, 2.24) is 15.3 Å². The number of hydrogen-bond donors (Lipinski definition) is 1. The zero-order chi connectivity index (χ0) is 10.8. The number of nitrogens with zero attached hydrogens (tertiary/aromatic N) is 2. The fourth-order valence-corrected chi connectivity index (χ4v) is 2.19. The van der Waals surface area contributed by atoms with Gasteiger partial charge in [0.05, 0.1) is 6.04 Å². The van der Waals surface area contributed by atoms with E-state index in [-0.39, 0.29) is 6.04 Å². The summed E-state index contributed by atoms with van der Waals surface area (Å²) in [5.41, 5.74) is 2.71. The van der Waals surface area contributed by atoms with Gasteiger partial charge >= 0.3 is 0 Å². The van der Waals surface area contributed by atoms with Gasteiger partial charge in [-0.3, -0.25) is 0 Å². The molecule has 2 heterocycles. The lowest BCUT2D eigenvalue weighted by Gasteiger charge is -2.25. The minimum atomic E-state index is 0.145. The summed E-state index contributed by atoms with van der Waals surface area (Å²) in [4.78, 5) is 8.66. The lowest BCUT2D eigenvalue weighted by atomic mass is 9.94. The summed E-state index contributed by atoms with van der Waals surface area (Å²) in [7, 11) is 0. The van der Waals surface area contributed by atoms with Crippen molar-refractivity contribution in [2.75, 3.05) is 6.54 Å². The van der Waals surface area contributed by atoms with Crippen LogP contribution < -0.4 is 5.32 Å². The van der Waals surface area contributed by atoms with E-state index in [0.29, 0.717) is 0 Å². The van der Waals surface area contributed by atoms with Crippen molar-refractivity contribution >= 4 is 0 Å². The molecule has 3 rings (SSSR count). The van der Waals surface area contributed by atoms with Gasteiger partial charge in [-0.1, -0.05) is 24.3 Å². The van der Waals surface area contributed by atoms with Crippen LogP contribution >= 0.6 is 0 Å². The summed E-state index contributed by atoms with van der Waals surface area (Å²) >= 11 is 0. The van der Waals surface area contributed by atoms with Crippen LogP contribution in [0.2, 0.25) is 0 Å². The predicted octanol–water partition coefficient (Wildman–Crippen LogP) is 1.71. The minimum Gasteiger partial charge on any atom is -0.303 e. The zero-order valence-corrected chi connectivity index (χ0v) is 8.93. The summed E-state index contributed by atoms with van der Waals surface area (Å²) < 4.78 is 0. The molecule has 1 atom stereocenters. The van der Waals surface area contributed by atoms with E-state index in [1.165, 1.54) is 11.1 Å². The van der Waals surface area contributed by atoms with Crippen LogP contribution in [-0.4, -0.2) is 16.5 Å². The number of benzene rings is 1. The van der Waals surface area contributed by atoms with E-state index in [1.807, 2.05) is 6.07 Å². The van der Waals surface area contributed by atoms with Gasteiger partial charge in [0.15, 0.2) is 0 Å². The van der Waals surface area contributed by atoms with Crippen LogP contribution in [0.25, 0.3) is 0 Å². The summed E-state index contributed by atoms with van der Waals surface area (Å²) in [6, 6.07) is 10.5. The van der Waals surface area contributed by atoms with Crippen molar-refractivity contribution < 1.29 is 0 Å².